The van der Waals surface area contributed by atoms with Crippen LogP contribution in [0, 0.1) is 17.8 Å². The smallest absolute Gasteiger partial charge is 0.221 e. The predicted molar refractivity (Wildman–Crippen MR) is 125 cm³/mol. The van der Waals surface area contributed by atoms with Crippen LogP contribution in [0.15, 0.2) is 36.4 Å². The van der Waals surface area contributed by atoms with Gasteiger partial charge in [0.25, 0.3) is 0 Å². The number of ether oxygens (including phenoxy) is 1. The Hall–Kier alpha value is -2.51. The molecule has 1 aliphatic carbocycles. The van der Waals surface area contributed by atoms with Gasteiger partial charge in [0.05, 0.1) is 5.69 Å². The van der Waals surface area contributed by atoms with Gasteiger partial charge in [-0.2, -0.15) is 0 Å². The maximum atomic E-state index is 11.2. The first-order chi connectivity index (χ1) is 15.6. The van der Waals surface area contributed by atoms with Crippen molar-refractivity contribution in [2.24, 2.45) is 17.8 Å². The van der Waals surface area contributed by atoms with E-state index in [4.69, 9.17) is 4.74 Å². The molecule has 2 aliphatic heterocycles. The molecule has 0 bridgehead atoms. The maximum absolute atomic E-state index is 11.2. The highest BCUT2D eigenvalue weighted by Crippen LogP contribution is 2.41. The fraction of sp³-hybridized carbons (Fsp3) is 0.560. The van der Waals surface area contributed by atoms with E-state index in [2.05, 4.69) is 26.1 Å². The molecule has 3 aliphatic rings. The summed E-state index contributed by atoms with van der Waals surface area (Å²) in [5.74, 6) is 3.13. The summed E-state index contributed by atoms with van der Waals surface area (Å²) in [5.41, 5.74) is 2.59. The SMILES string of the molecule is CC(=O)Nc1ccc(-c2ccc(N[C@H]3C[C@@H]4CN[C@@H](CC5CCOCC5)[C@H]4C3)nn2)cc1. The van der Waals surface area contributed by atoms with Gasteiger partial charge >= 0.3 is 0 Å². The number of anilines is 2. The van der Waals surface area contributed by atoms with Gasteiger partial charge in [-0.3, -0.25) is 4.79 Å². The molecule has 0 radical (unpaired) electrons. The molecule has 1 aromatic heterocycles. The molecular weight excluding hydrogens is 402 g/mol. The molecule has 3 N–H and O–H groups in total. The monoisotopic (exact) mass is 435 g/mol. The van der Waals surface area contributed by atoms with Crippen LogP contribution in [0.5, 0.6) is 0 Å². The molecule has 1 aromatic carbocycles. The summed E-state index contributed by atoms with van der Waals surface area (Å²) in [5, 5.41) is 19.1. The summed E-state index contributed by atoms with van der Waals surface area (Å²) in [6.45, 7) is 4.52. The zero-order valence-electron chi connectivity index (χ0n) is 18.7. The van der Waals surface area contributed by atoms with E-state index in [1.807, 2.05) is 36.4 Å². The van der Waals surface area contributed by atoms with Crippen LogP contribution in [-0.4, -0.2) is 47.9 Å². The van der Waals surface area contributed by atoms with Crippen molar-refractivity contribution in [3.8, 4) is 11.3 Å². The fourth-order valence-corrected chi connectivity index (χ4v) is 5.76. The average Bonchev–Trinajstić information content (AvgIpc) is 3.36. The fourth-order valence-electron chi connectivity index (χ4n) is 5.76. The maximum Gasteiger partial charge on any atom is 0.221 e. The van der Waals surface area contributed by atoms with Crippen LogP contribution in [0.25, 0.3) is 11.3 Å². The van der Waals surface area contributed by atoms with E-state index >= 15 is 0 Å². The van der Waals surface area contributed by atoms with E-state index in [0.717, 1.165) is 60.3 Å². The number of nitrogens with zero attached hydrogens (tertiary/aromatic N) is 2. The number of amides is 1. The highest BCUT2D eigenvalue weighted by atomic mass is 16.5. The predicted octanol–water partition coefficient (Wildman–Crippen LogP) is 3.70. The van der Waals surface area contributed by atoms with Crippen molar-refractivity contribution in [3.05, 3.63) is 36.4 Å². The second-order valence-corrected chi connectivity index (χ2v) is 9.61. The Morgan fingerprint density at radius 3 is 2.62 bits per heavy atom. The lowest BCUT2D eigenvalue weighted by Gasteiger charge is -2.27. The van der Waals surface area contributed by atoms with Gasteiger partial charge in [0.15, 0.2) is 0 Å². The number of benzene rings is 1. The highest BCUT2D eigenvalue weighted by molar-refractivity contribution is 5.88. The van der Waals surface area contributed by atoms with Crippen molar-refractivity contribution in [1.29, 1.82) is 0 Å². The molecule has 7 heteroatoms. The van der Waals surface area contributed by atoms with Gasteiger partial charge in [-0.25, -0.2) is 0 Å². The lowest BCUT2D eigenvalue weighted by molar-refractivity contribution is -0.114. The largest absolute Gasteiger partial charge is 0.381 e. The quantitative estimate of drug-likeness (QED) is 0.641. The Labute approximate surface area is 189 Å². The molecule has 4 atom stereocenters. The topological polar surface area (TPSA) is 88.2 Å². The molecule has 3 heterocycles. The molecule has 3 fully saturated rings. The number of hydrogen-bond acceptors (Lipinski definition) is 6. The van der Waals surface area contributed by atoms with Crippen LogP contribution >= 0.6 is 0 Å². The lowest BCUT2D eigenvalue weighted by atomic mass is 9.85. The minimum atomic E-state index is -0.0743. The molecule has 7 nitrogen and oxygen atoms in total. The van der Waals surface area contributed by atoms with Gasteiger partial charge in [-0.15, -0.1) is 10.2 Å². The normalized spacial score (nSPS) is 27.8. The van der Waals surface area contributed by atoms with Crippen LogP contribution in [-0.2, 0) is 9.53 Å². The summed E-state index contributed by atoms with van der Waals surface area (Å²) in [4.78, 5) is 11.2. The molecule has 2 saturated heterocycles. The number of aromatic nitrogens is 2. The first-order valence-electron chi connectivity index (χ1n) is 11.9. The van der Waals surface area contributed by atoms with Gasteiger partial charge in [-0.1, -0.05) is 12.1 Å². The van der Waals surface area contributed by atoms with Crippen molar-refractivity contribution in [2.75, 3.05) is 30.4 Å². The summed E-state index contributed by atoms with van der Waals surface area (Å²) in [7, 11) is 0. The Morgan fingerprint density at radius 2 is 1.91 bits per heavy atom. The number of carbonyl (C=O) groups excluding carboxylic acids is 1. The second kappa shape index (κ2) is 9.55. The van der Waals surface area contributed by atoms with E-state index < -0.39 is 0 Å². The van der Waals surface area contributed by atoms with Crippen LogP contribution < -0.4 is 16.0 Å². The summed E-state index contributed by atoms with van der Waals surface area (Å²) in [6.07, 6.45) is 6.15. The van der Waals surface area contributed by atoms with Gasteiger partial charge in [-0.05, 0) is 80.7 Å². The Balaban J connectivity index is 1.15. The molecule has 2 aromatic rings. The van der Waals surface area contributed by atoms with E-state index in [-0.39, 0.29) is 5.91 Å². The molecule has 1 saturated carbocycles. The third-order valence-electron chi connectivity index (χ3n) is 7.35. The lowest BCUT2D eigenvalue weighted by Crippen LogP contribution is -2.33. The Kier molecular flexibility index (Phi) is 6.37. The Morgan fingerprint density at radius 1 is 1.09 bits per heavy atom. The molecule has 5 rings (SSSR count). The van der Waals surface area contributed by atoms with Crippen LogP contribution in [0.1, 0.15) is 39.0 Å². The third kappa shape index (κ3) is 4.94. The van der Waals surface area contributed by atoms with Crippen molar-refractivity contribution >= 4 is 17.4 Å². The minimum absolute atomic E-state index is 0.0743. The summed E-state index contributed by atoms with van der Waals surface area (Å²) in [6, 6.07) is 12.8. The zero-order chi connectivity index (χ0) is 21.9. The number of nitrogens with one attached hydrogen (secondary N) is 3. The van der Waals surface area contributed by atoms with Crippen molar-refractivity contribution in [1.82, 2.24) is 15.5 Å². The summed E-state index contributed by atoms with van der Waals surface area (Å²) < 4.78 is 5.53. The number of hydrogen-bond donors (Lipinski definition) is 3. The molecule has 0 spiro atoms. The second-order valence-electron chi connectivity index (χ2n) is 9.61. The zero-order valence-corrected chi connectivity index (χ0v) is 18.7. The average molecular weight is 436 g/mol. The highest BCUT2D eigenvalue weighted by Gasteiger charge is 2.43. The van der Waals surface area contributed by atoms with Crippen LogP contribution in [0.3, 0.4) is 0 Å². The van der Waals surface area contributed by atoms with Gasteiger partial charge in [0.1, 0.15) is 5.82 Å². The van der Waals surface area contributed by atoms with Crippen molar-refractivity contribution in [2.45, 2.75) is 51.1 Å². The molecule has 32 heavy (non-hydrogen) atoms. The Bertz CT molecular complexity index is 911. The standard InChI is InChI=1S/C25H33N5O2/c1-16(31)27-20-4-2-18(3-5-20)23-6-7-25(30-29-23)28-21-13-19-15-26-24(22(19)14-21)12-17-8-10-32-11-9-17/h2-7,17,19,21-22,24,26H,8-15H2,1H3,(H,27,31)(H,28,30)/t19-,21+,22+,24+/m1/s1. The molecule has 0 unspecified atom stereocenters. The number of rotatable bonds is 6. The number of fused-ring (bicyclic) bond motifs is 1. The van der Waals surface area contributed by atoms with E-state index in [1.165, 1.54) is 39.0 Å². The third-order valence-corrected chi connectivity index (χ3v) is 7.35. The molecule has 1 amide bonds. The van der Waals surface area contributed by atoms with Gasteiger partial charge in [0.2, 0.25) is 5.91 Å². The first kappa shape index (κ1) is 21.3. The van der Waals surface area contributed by atoms with E-state index in [9.17, 15) is 4.79 Å². The molecule has 170 valence electrons. The van der Waals surface area contributed by atoms with Crippen LogP contribution in [0.4, 0.5) is 11.5 Å². The van der Waals surface area contributed by atoms with Crippen LogP contribution in [0.2, 0.25) is 0 Å². The van der Waals surface area contributed by atoms with Crippen molar-refractivity contribution in [3.63, 3.8) is 0 Å². The first-order valence-corrected chi connectivity index (χ1v) is 11.9. The molecular formula is C25H33N5O2. The number of carbonyl (C=O) groups is 1. The van der Waals surface area contributed by atoms with Gasteiger partial charge in [0, 0.05) is 43.5 Å². The summed E-state index contributed by atoms with van der Waals surface area (Å²) >= 11 is 0. The van der Waals surface area contributed by atoms with E-state index in [1.54, 1.807) is 0 Å². The minimum Gasteiger partial charge on any atom is -0.381 e. The van der Waals surface area contributed by atoms with E-state index in [0.29, 0.717) is 12.1 Å². The van der Waals surface area contributed by atoms with Crippen molar-refractivity contribution < 1.29 is 9.53 Å². The van der Waals surface area contributed by atoms with Gasteiger partial charge < -0.3 is 20.7 Å².